The molecule has 0 aliphatic carbocycles. The Labute approximate surface area is 293 Å². The SMILES string of the molecule is CNC(=O)c1c(-c2ccc(C)cc2)oc2cc(N(C)S(C)(=O)=O)c(-c3ccc4nc(CN5CCOCC5)n5c6cccc(F)c6cc5c4n3)cc12. The number of nitrogens with zero attached hydrogens (tertiary/aromatic N) is 5. The Bertz CT molecular complexity index is 2630. The number of halogens is 1. The summed E-state index contributed by atoms with van der Waals surface area (Å²) in [6.45, 7) is 5.26. The highest BCUT2D eigenvalue weighted by molar-refractivity contribution is 7.92. The molecule has 5 heterocycles. The Morgan fingerprint density at radius 3 is 2.47 bits per heavy atom. The summed E-state index contributed by atoms with van der Waals surface area (Å²) in [5.74, 6) is 0.394. The van der Waals surface area contributed by atoms with Gasteiger partial charge in [0.1, 0.15) is 28.5 Å². The summed E-state index contributed by atoms with van der Waals surface area (Å²) in [7, 11) is -0.730. The average molecular weight is 707 g/mol. The lowest BCUT2D eigenvalue weighted by molar-refractivity contribution is 0.0330. The Balaban J connectivity index is 1.39. The van der Waals surface area contributed by atoms with Gasteiger partial charge in [0.15, 0.2) is 0 Å². The molecular formula is C38H35FN6O5S. The van der Waals surface area contributed by atoms with Gasteiger partial charge in [-0.25, -0.2) is 22.8 Å². The van der Waals surface area contributed by atoms with Crippen molar-refractivity contribution in [3.63, 3.8) is 0 Å². The zero-order chi connectivity index (χ0) is 35.6. The number of carbonyl (C=O) groups is 1. The number of morpholine rings is 1. The van der Waals surface area contributed by atoms with E-state index in [9.17, 15) is 13.2 Å². The molecule has 1 N–H and O–H groups in total. The lowest BCUT2D eigenvalue weighted by Gasteiger charge is -2.26. The minimum Gasteiger partial charge on any atom is -0.455 e. The van der Waals surface area contributed by atoms with Gasteiger partial charge in [0.2, 0.25) is 10.0 Å². The normalized spacial score (nSPS) is 14.2. The summed E-state index contributed by atoms with van der Waals surface area (Å²) in [6.07, 6.45) is 1.12. The second kappa shape index (κ2) is 12.4. The van der Waals surface area contributed by atoms with E-state index < -0.39 is 10.0 Å². The van der Waals surface area contributed by atoms with Gasteiger partial charge in [-0.3, -0.25) is 18.4 Å². The highest BCUT2D eigenvalue weighted by Crippen LogP contribution is 2.41. The van der Waals surface area contributed by atoms with Gasteiger partial charge >= 0.3 is 0 Å². The maximum absolute atomic E-state index is 15.3. The number of benzene rings is 3. The summed E-state index contributed by atoms with van der Waals surface area (Å²) >= 11 is 0. The van der Waals surface area contributed by atoms with Crippen LogP contribution in [0, 0.1) is 12.7 Å². The summed E-state index contributed by atoms with van der Waals surface area (Å²) in [6, 6.07) is 21.4. The molecule has 0 bridgehead atoms. The zero-order valence-corrected chi connectivity index (χ0v) is 29.3. The number of amides is 1. The summed E-state index contributed by atoms with van der Waals surface area (Å²) < 4.78 is 56.3. The van der Waals surface area contributed by atoms with Crippen molar-refractivity contribution in [2.24, 2.45) is 0 Å². The molecule has 1 amide bonds. The van der Waals surface area contributed by atoms with E-state index in [4.69, 9.17) is 19.1 Å². The third-order valence-electron chi connectivity index (χ3n) is 9.57. The summed E-state index contributed by atoms with van der Waals surface area (Å²) in [5, 5.41) is 3.66. The summed E-state index contributed by atoms with van der Waals surface area (Å²) in [4.78, 5) is 25.8. The fourth-order valence-corrected chi connectivity index (χ4v) is 7.33. The predicted molar refractivity (Wildman–Crippen MR) is 196 cm³/mol. The van der Waals surface area contributed by atoms with Crippen molar-refractivity contribution in [2.75, 3.05) is 51.0 Å². The first-order valence-electron chi connectivity index (χ1n) is 16.5. The van der Waals surface area contributed by atoms with Crippen LogP contribution in [0.5, 0.6) is 0 Å². The van der Waals surface area contributed by atoms with Crippen molar-refractivity contribution in [2.45, 2.75) is 13.5 Å². The molecule has 0 unspecified atom stereocenters. The van der Waals surface area contributed by atoms with E-state index in [0.717, 1.165) is 30.7 Å². The number of furan rings is 1. The molecule has 0 radical (unpaired) electrons. The highest BCUT2D eigenvalue weighted by atomic mass is 32.2. The monoisotopic (exact) mass is 706 g/mol. The summed E-state index contributed by atoms with van der Waals surface area (Å²) in [5.41, 5.74) is 6.06. The molecule has 1 fully saturated rings. The number of fused-ring (bicyclic) bond motifs is 6. The fourth-order valence-electron chi connectivity index (χ4n) is 6.82. The lowest BCUT2D eigenvalue weighted by Crippen LogP contribution is -2.36. The van der Waals surface area contributed by atoms with Crippen LogP contribution in [-0.4, -0.2) is 80.2 Å². The van der Waals surface area contributed by atoms with Crippen molar-refractivity contribution in [3.05, 3.63) is 95.6 Å². The van der Waals surface area contributed by atoms with Crippen molar-refractivity contribution >= 4 is 60.0 Å². The minimum absolute atomic E-state index is 0.309. The molecule has 7 aromatic rings. The Morgan fingerprint density at radius 1 is 0.980 bits per heavy atom. The second-order valence-corrected chi connectivity index (χ2v) is 14.9. The van der Waals surface area contributed by atoms with Gasteiger partial charge in [0, 0.05) is 55.2 Å². The van der Waals surface area contributed by atoms with Crippen LogP contribution in [0.25, 0.3) is 61.0 Å². The topological polar surface area (TPSA) is 122 Å². The molecule has 4 aromatic heterocycles. The fraction of sp³-hybridized carbons (Fsp3) is 0.237. The Morgan fingerprint density at radius 2 is 1.75 bits per heavy atom. The van der Waals surface area contributed by atoms with Gasteiger partial charge in [-0.05, 0) is 43.3 Å². The van der Waals surface area contributed by atoms with Crippen molar-refractivity contribution in [1.82, 2.24) is 24.6 Å². The average Bonchev–Trinajstić information content (AvgIpc) is 3.71. The van der Waals surface area contributed by atoms with E-state index in [1.807, 2.05) is 47.7 Å². The van der Waals surface area contributed by atoms with Gasteiger partial charge in [0.25, 0.3) is 5.91 Å². The third-order valence-corrected chi connectivity index (χ3v) is 10.8. The number of sulfonamides is 1. The van der Waals surface area contributed by atoms with E-state index in [-0.39, 0.29) is 11.7 Å². The van der Waals surface area contributed by atoms with Gasteiger partial charge in [0.05, 0.1) is 59.5 Å². The van der Waals surface area contributed by atoms with Crippen molar-refractivity contribution in [3.8, 4) is 22.6 Å². The molecule has 3 aromatic carbocycles. The maximum Gasteiger partial charge on any atom is 0.255 e. The third kappa shape index (κ3) is 5.67. The molecule has 11 nitrogen and oxygen atoms in total. The molecule has 51 heavy (non-hydrogen) atoms. The zero-order valence-electron chi connectivity index (χ0n) is 28.5. The van der Waals surface area contributed by atoms with Crippen LogP contribution in [0.1, 0.15) is 21.7 Å². The van der Waals surface area contributed by atoms with Crippen LogP contribution in [0.3, 0.4) is 0 Å². The molecule has 0 atom stereocenters. The van der Waals surface area contributed by atoms with Crippen LogP contribution in [0.2, 0.25) is 0 Å². The van der Waals surface area contributed by atoms with Crippen molar-refractivity contribution < 1.29 is 26.8 Å². The number of aryl methyl sites for hydroxylation is 1. The minimum atomic E-state index is -3.74. The number of rotatable bonds is 7. The maximum atomic E-state index is 15.3. The van der Waals surface area contributed by atoms with E-state index >= 15 is 4.39 Å². The molecule has 260 valence electrons. The number of hydrogen-bond acceptors (Lipinski definition) is 8. The first-order chi connectivity index (χ1) is 24.5. The van der Waals surface area contributed by atoms with Crippen LogP contribution in [0.15, 0.2) is 77.2 Å². The highest BCUT2D eigenvalue weighted by Gasteiger charge is 2.27. The molecule has 1 aliphatic heterocycles. The molecule has 1 aliphatic rings. The van der Waals surface area contributed by atoms with Crippen LogP contribution >= 0.6 is 0 Å². The van der Waals surface area contributed by atoms with E-state index in [1.165, 1.54) is 17.4 Å². The molecule has 8 rings (SSSR count). The smallest absolute Gasteiger partial charge is 0.255 e. The number of pyridine rings is 1. The first-order valence-corrected chi connectivity index (χ1v) is 18.4. The second-order valence-electron chi connectivity index (χ2n) is 12.9. The predicted octanol–water partition coefficient (Wildman–Crippen LogP) is 6.15. The standard InChI is InChI=1S/C38H35FN6O5S/c1-22-8-10-23(11-9-22)37-35(38(46)40-2)26-18-25(31(20-33(26)50-37)43(3)51(4,47)48)28-12-13-29-36(42-28)32-19-24-27(39)6-5-7-30(24)45(32)34(41-29)21-44-14-16-49-17-15-44/h5-13,18-20H,14-17,21H2,1-4H3,(H,40,46). The van der Waals surface area contributed by atoms with Crippen LogP contribution in [0.4, 0.5) is 10.1 Å². The van der Waals surface area contributed by atoms with Crippen molar-refractivity contribution in [1.29, 1.82) is 0 Å². The largest absolute Gasteiger partial charge is 0.455 e. The molecule has 13 heteroatoms. The number of hydrogen-bond donors (Lipinski definition) is 1. The number of carbonyl (C=O) groups excluding carboxylic acids is 1. The number of aromatic nitrogens is 3. The van der Waals surface area contributed by atoms with E-state index in [1.54, 1.807) is 37.4 Å². The van der Waals surface area contributed by atoms with Gasteiger partial charge < -0.3 is 14.5 Å². The number of nitrogens with one attached hydrogen (secondary N) is 1. The lowest BCUT2D eigenvalue weighted by atomic mass is 10.00. The molecule has 1 saturated heterocycles. The van der Waals surface area contributed by atoms with E-state index in [2.05, 4.69) is 10.2 Å². The van der Waals surface area contributed by atoms with E-state index in [0.29, 0.717) is 92.0 Å². The number of anilines is 1. The van der Waals surface area contributed by atoms with Gasteiger partial charge in [-0.1, -0.05) is 35.9 Å². The Kier molecular flexibility index (Phi) is 8.01. The van der Waals surface area contributed by atoms with Crippen LogP contribution < -0.4 is 9.62 Å². The Hall–Kier alpha value is -5.37. The number of ether oxygens (including phenoxy) is 1. The van der Waals surface area contributed by atoms with Gasteiger partial charge in [-0.2, -0.15) is 0 Å². The molecule has 0 saturated carbocycles. The molecular weight excluding hydrogens is 672 g/mol. The molecule has 0 spiro atoms. The van der Waals surface area contributed by atoms with Gasteiger partial charge in [-0.15, -0.1) is 0 Å². The first kappa shape index (κ1) is 32.8. The van der Waals surface area contributed by atoms with Crippen LogP contribution in [-0.2, 0) is 21.3 Å². The quantitative estimate of drug-likeness (QED) is 0.210.